The lowest BCUT2D eigenvalue weighted by molar-refractivity contribution is 0.0734. The summed E-state index contributed by atoms with van der Waals surface area (Å²) in [5.41, 5.74) is 2.81. The number of hydrogen-bond donors (Lipinski definition) is 1. The number of carbonyl (C=O) groups is 1. The van der Waals surface area contributed by atoms with Gasteiger partial charge in [-0.15, -0.1) is 0 Å². The van der Waals surface area contributed by atoms with Crippen LogP contribution in [0.4, 0.5) is 0 Å². The van der Waals surface area contributed by atoms with Gasteiger partial charge in [0.15, 0.2) is 0 Å². The molecule has 0 amide bonds. The smallest absolute Gasteiger partial charge is 0.343 e. The van der Waals surface area contributed by atoms with E-state index >= 15 is 0 Å². The van der Waals surface area contributed by atoms with Gasteiger partial charge in [0.05, 0.1) is 12.7 Å². The number of benzene rings is 3. The number of phenolic OH excluding ortho intramolecular Hbond substituents is 1. The van der Waals surface area contributed by atoms with Crippen LogP contribution in [0.2, 0.25) is 0 Å². The maximum Gasteiger partial charge on any atom is 0.343 e. The second-order valence-corrected chi connectivity index (χ2v) is 5.93. The van der Waals surface area contributed by atoms with E-state index in [-0.39, 0.29) is 5.75 Å². The Bertz CT molecular complexity index is 850. The number of methoxy groups -OCH3 is 1. The first-order valence-corrected chi connectivity index (χ1v) is 8.37. The number of aryl methyl sites for hydroxylation is 2. The molecule has 0 aromatic heterocycles. The van der Waals surface area contributed by atoms with Crippen molar-refractivity contribution >= 4 is 5.97 Å². The van der Waals surface area contributed by atoms with Crippen molar-refractivity contribution in [2.75, 3.05) is 7.11 Å². The molecule has 0 atom stereocenters. The van der Waals surface area contributed by atoms with Gasteiger partial charge >= 0.3 is 5.97 Å². The zero-order valence-corrected chi connectivity index (χ0v) is 14.5. The molecular weight excluding hydrogens is 328 g/mol. The van der Waals surface area contributed by atoms with Crippen LogP contribution in [0.5, 0.6) is 17.2 Å². The standard InChI is InChI=1S/C22H20O4/c1-25-20-12-4-16(5-13-20)2-3-17-6-14-21(15-7-17)26-22(24)18-8-10-19(23)11-9-18/h4-15,23H,2-3H2,1H3. The first-order chi connectivity index (χ1) is 12.6. The first-order valence-electron chi connectivity index (χ1n) is 8.37. The van der Waals surface area contributed by atoms with Crippen molar-refractivity contribution in [1.29, 1.82) is 0 Å². The molecule has 3 rings (SSSR count). The molecule has 0 saturated heterocycles. The van der Waals surface area contributed by atoms with Crippen molar-refractivity contribution in [2.45, 2.75) is 12.8 Å². The Morgan fingerprint density at radius 1 is 0.769 bits per heavy atom. The van der Waals surface area contributed by atoms with E-state index in [0.29, 0.717) is 11.3 Å². The van der Waals surface area contributed by atoms with Crippen LogP contribution in [0.15, 0.2) is 72.8 Å². The molecule has 1 N–H and O–H groups in total. The number of rotatable bonds is 6. The maximum absolute atomic E-state index is 12.1. The van der Waals surface area contributed by atoms with Crippen molar-refractivity contribution < 1.29 is 19.4 Å². The van der Waals surface area contributed by atoms with Crippen molar-refractivity contribution in [3.8, 4) is 17.2 Å². The molecule has 4 nitrogen and oxygen atoms in total. The molecule has 0 unspecified atom stereocenters. The van der Waals surface area contributed by atoms with Gasteiger partial charge in [-0.25, -0.2) is 4.79 Å². The summed E-state index contributed by atoms with van der Waals surface area (Å²) in [5, 5.41) is 9.26. The van der Waals surface area contributed by atoms with Crippen LogP contribution >= 0.6 is 0 Å². The molecular formula is C22H20O4. The normalized spacial score (nSPS) is 10.3. The summed E-state index contributed by atoms with van der Waals surface area (Å²) in [6, 6.07) is 21.5. The van der Waals surface area contributed by atoms with E-state index in [1.54, 1.807) is 19.2 Å². The van der Waals surface area contributed by atoms with Gasteiger partial charge in [0.1, 0.15) is 17.2 Å². The highest BCUT2D eigenvalue weighted by Gasteiger charge is 2.08. The Morgan fingerprint density at radius 3 is 1.77 bits per heavy atom. The summed E-state index contributed by atoms with van der Waals surface area (Å²) >= 11 is 0. The summed E-state index contributed by atoms with van der Waals surface area (Å²) in [5.74, 6) is 1.02. The van der Waals surface area contributed by atoms with Gasteiger partial charge in [0.2, 0.25) is 0 Å². The molecule has 0 saturated carbocycles. The monoisotopic (exact) mass is 348 g/mol. The zero-order valence-electron chi connectivity index (χ0n) is 14.5. The Labute approximate surface area is 152 Å². The maximum atomic E-state index is 12.1. The minimum Gasteiger partial charge on any atom is -0.508 e. The average Bonchev–Trinajstić information content (AvgIpc) is 2.68. The molecule has 0 aliphatic heterocycles. The average molecular weight is 348 g/mol. The fourth-order valence-corrected chi connectivity index (χ4v) is 2.57. The van der Waals surface area contributed by atoms with Crippen LogP contribution in [0, 0.1) is 0 Å². The third kappa shape index (κ3) is 4.63. The number of phenols is 1. The van der Waals surface area contributed by atoms with Crippen LogP contribution in [0.1, 0.15) is 21.5 Å². The third-order valence-corrected chi connectivity index (χ3v) is 4.10. The fourth-order valence-electron chi connectivity index (χ4n) is 2.57. The number of aromatic hydroxyl groups is 1. The lowest BCUT2D eigenvalue weighted by Gasteiger charge is -2.07. The second-order valence-electron chi connectivity index (χ2n) is 5.93. The van der Waals surface area contributed by atoms with E-state index in [0.717, 1.165) is 18.6 Å². The fraction of sp³-hybridized carbons (Fsp3) is 0.136. The highest BCUT2D eigenvalue weighted by atomic mass is 16.5. The predicted molar refractivity (Wildman–Crippen MR) is 99.9 cm³/mol. The molecule has 0 fully saturated rings. The van der Waals surface area contributed by atoms with Crippen molar-refractivity contribution in [1.82, 2.24) is 0 Å². The summed E-state index contributed by atoms with van der Waals surface area (Å²) < 4.78 is 10.5. The largest absolute Gasteiger partial charge is 0.508 e. The van der Waals surface area contributed by atoms with Gasteiger partial charge in [-0.3, -0.25) is 0 Å². The topological polar surface area (TPSA) is 55.8 Å². The molecule has 3 aromatic rings. The van der Waals surface area contributed by atoms with E-state index in [4.69, 9.17) is 9.47 Å². The summed E-state index contributed by atoms with van der Waals surface area (Å²) in [6.07, 6.45) is 1.83. The number of ether oxygens (including phenoxy) is 2. The van der Waals surface area contributed by atoms with Crippen molar-refractivity contribution in [3.63, 3.8) is 0 Å². The summed E-state index contributed by atoms with van der Waals surface area (Å²) in [4.78, 5) is 12.1. The van der Waals surface area contributed by atoms with Crippen LogP contribution in [-0.2, 0) is 12.8 Å². The molecule has 0 aliphatic carbocycles. The van der Waals surface area contributed by atoms with Gasteiger partial charge in [0.25, 0.3) is 0 Å². The Morgan fingerprint density at radius 2 is 1.27 bits per heavy atom. The van der Waals surface area contributed by atoms with E-state index in [1.165, 1.54) is 35.4 Å². The Kier molecular flexibility index (Phi) is 5.54. The van der Waals surface area contributed by atoms with E-state index < -0.39 is 5.97 Å². The highest BCUT2D eigenvalue weighted by molar-refractivity contribution is 5.91. The quantitative estimate of drug-likeness (QED) is 0.530. The molecule has 132 valence electrons. The predicted octanol–water partition coefficient (Wildman–Crippen LogP) is 4.41. The van der Waals surface area contributed by atoms with Crippen LogP contribution in [-0.4, -0.2) is 18.2 Å². The van der Waals surface area contributed by atoms with Gasteiger partial charge in [-0.1, -0.05) is 24.3 Å². The first kappa shape index (κ1) is 17.5. The van der Waals surface area contributed by atoms with Gasteiger partial charge < -0.3 is 14.6 Å². The summed E-state index contributed by atoms with van der Waals surface area (Å²) in [7, 11) is 1.66. The Hall–Kier alpha value is -3.27. The van der Waals surface area contributed by atoms with E-state index in [2.05, 4.69) is 12.1 Å². The van der Waals surface area contributed by atoms with E-state index in [1.807, 2.05) is 24.3 Å². The summed E-state index contributed by atoms with van der Waals surface area (Å²) in [6.45, 7) is 0. The number of esters is 1. The molecule has 0 aliphatic rings. The second kappa shape index (κ2) is 8.21. The minimum absolute atomic E-state index is 0.114. The minimum atomic E-state index is -0.448. The molecule has 0 bridgehead atoms. The highest BCUT2D eigenvalue weighted by Crippen LogP contribution is 2.18. The van der Waals surface area contributed by atoms with E-state index in [9.17, 15) is 9.90 Å². The molecule has 26 heavy (non-hydrogen) atoms. The van der Waals surface area contributed by atoms with Crippen LogP contribution in [0.25, 0.3) is 0 Å². The number of hydrogen-bond acceptors (Lipinski definition) is 4. The van der Waals surface area contributed by atoms with Gasteiger partial charge in [-0.05, 0) is 72.5 Å². The van der Waals surface area contributed by atoms with Gasteiger partial charge in [-0.2, -0.15) is 0 Å². The third-order valence-electron chi connectivity index (χ3n) is 4.10. The SMILES string of the molecule is COc1ccc(CCc2ccc(OC(=O)c3ccc(O)cc3)cc2)cc1. The van der Waals surface area contributed by atoms with Crippen molar-refractivity contribution in [2.24, 2.45) is 0 Å². The van der Waals surface area contributed by atoms with Gasteiger partial charge in [0, 0.05) is 0 Å². The lowest BCUT2D eigenvalue weighted by Crippen LogP contribution is -2.08. The zero-order chi connectivity index (χ0) is 18.4. The number of carbonyl (C=O) groups excluding carboxylic acids is 1. The Balaban J connectivity index is 1.55. The molecule has 3 aromatic carbocycles. The molecule has 0 radical (unpaired) electrons. The molecule has 4 heteroatoms. The molecule has 0 heterocycles. The van der Waals surface area contributed by atoms with Crippen LogP contribution < -0.4 is 9.47 Å². The van der Waals surface area contributed by atoms with Crippen molar-refractivity contribution in [3.05, 3.63) is 89.5 Å². The lowest BCUT2D eigenvalue weighted by atomic mass is 10.0. The van der Waals surface area contributed by atoms with Crippen LogP contribution in [0.3, 0.4) is 0 Å². The molecule has 0 spiro atoms.